The average molecular weight is 273 g/mol. The van der Waals surface area contributed by atoms with E-state index in [0.29, 0.717) is 26.0 Å². The Bertz CT molecular complexity index is 537. The number of carbonyl (C=O) groups excluding carboxylic acids is 2. The maximum Gasteiger partial charge on any atom is 0.306 e. The van der Waals surface area contributed by atoms with Gasteiger partial charge >= 0.3 is 5.97 Å². The Morgan fingerprint density at radius 1 is 1.45 bits per heavy atom. The minimum atomic E-state index is -0.179. The molecule has 0 bridgehead atoms. The lowest BCUT2D eigenvalue weighted by Gasteiger charge is -2.15. The van der Waals surface area contributed by atoms with E-state index in [1.807, 2.05) is 18.2 Å². The zero-order chi connectivity index (χ0) is 14.5. The fraction of sp³-hybridized carbons (Fsp3) is 0.375. The molecule has 1 aliphatic heterocycles. The molecule has 2 rings (SSSR count). The highest BCUT2D eigenvalue weighted by atomic mass is 16.5. The van der Waals surface area contributed by atoms with Crippen LogP contribution < -0.4 is 4.90 Å². The summed E-state index contributed by atoms with van der Waals surface area (Å²) in [6.45, 7) is 6.42. The standard InChI is InChI=1S/C16H19NO3/c1-3-15(18)17-11-10-13-12(6-5-7-14(13)17)8-9-16(19)20-4-2/h3,5-7H,1,4,8-11H2,2H3. The van der Waals surface area contributed by atoms with Gasteiger partial charge in [-0.05, 0) is 43.0 Å². The first-order valence-corrected chi connectivity index (χ1v) is 6.87. The highest BCUT2D eigenvalue weighted by Crippen LogP contribution is 2.31. The highest BCUT2D eigenvalue weighted by molar-refractivity contribution is 6.02. The van der Waals surface area contributed by atoms with Crippen molar-refractivity contribution in [2.75, 3.05) is 18.1 Å². The van der Waals surface area contributed by atoms with Gasteiger partial charge in [0.2, 0.25) is 5.91 Å². The van der Waals surface area contributed by atoms with E-state index < -0.39 is 0 Å². The summed E-state index contributed by atoms with van der Waals surface area (Å²) in [4.78, 5) is 24.9. The molecule has 0 unspecified atom stereocenters. The van der Waals surface area contributed by atoms with E-state index >= 15 is 0 Å². The summed E-state index contributed by atoms with van der Waals surface area (Å²) in [6.07, 6.45) is 3.19. The molecular weight excluding hydrogens is 254 g/mol. The Morgan fingerprint density at radius 3 is 2.95 bits per heavy atom. The molecule has 0 fully saturated rings. The Balaban J connectivity index is 2.14. The number of benzene rings is 1. The third-order valence-electron chi connectivity index (χ3n) is 3.47. The predicted octanol–water partition coefficient (Wildman–Crippen LogP) is 2.26. The molecule has 0 aromatic heterocycles. The van der Waals surface area contributed by atoms with E-state index in [2.05, 4.69) is 6.58 Å². The van der Waals surface area contributed by atoms with Crippen molar-refractivity contribution in [3.63, 3.8) is 0 Å². The molecule has 1 heterocycles. The van der Waals surface area contributed by atoms with Crippen LogP contribution >= 0.6 is 0 Å². The number of amides is 1. The predicted molar refractivity (Wildman–Crippen MR) is 77.7 cm³/mol. The number of esters is 1. The molecule has 0 saturated carbocycles. The molecule has 20 heavy (non-hydrogen) atoms. The van der Waals surface area contributed by atoms with Gasteiger partial charge in [-0.3, -0.25) is 9.59 Å². The maximum absolute atomic E-state index is 11.8. The van der Waals surface area contributed by atoms with Gasteiger partial charge in [-0.1, -0.05) is 18.7 Å². The Kier molecular flexibility index (Phi) is 4.56. The van der Waals surface area contributed by atoms with Crippen LogP contribution in [-0.4, -0.2) is 25.0 Å². The molecule has 1 aromatic rings. The number of anilines is 1. The van der Waals surface area contributed by atoms with Crippen molar-refractivity contribution in [2.24, 2.45) is 0 Å². The Morgan fingerprint density at radius 2 is 2.25 bits per heavy atom. The van der Waals surface area contributed by atoms with Gasteiger partial charge in [-0.15, -0.1) is 0 Å². The number of fused-ring (bicyclic) bond motifs is 1. The molecule has 0 N–H and O–H groups in total. The second-order valence-corrected chi connectivity index (χ2v) is 4.66. The van der Waals surface area contributed by atoms with Crippen LogP contribution in [-0.2, 0) is 27.2 Å². The van der Waals surface area contributed by atoms with E-state index in [4.69, 9.17) is 4.74 Å². The van der Waals surface area contributed by atoms with Crippen molar-refractivity contribution in [1.29, 1.82) is 0 Å². The lowest BCUT2D eigenvalue weighted by Crippen LogP contribution is -2.26. The van der Waals surface area contributed by atoms with Gasteiger partial charge in [0.05, 0.1) is 6.61 Å². The van der Waals surface area contributed by atoms with Crippen molar-refractivity contribution in [3.05, 3.63) is 42.0 Å². The van der Waals surface area contributed by atoms with Crippen LogP contribution in [0.5, 0.6) is 0 Å². The van der Waals surface area contributed by atoms with Crippen LogP contribution in [0, 0.1) is 0 Å². The SMILES string of the molecule is C=CC(=O)N1CCc2c(CCC(=O)OCC)cccc21. The van der Waals surface area contributed by atoms with E-state index in [9.17, 15) is 9.59 Å². The lowest BCUT2D eigenvalue weighted by molar-refractivity contribution is -0.143. The number of aryl methyl sites for hydroxylation is 1. The zero-order valence-corrected chi connectivity index (χ0v) is 11.7. The largest absolute Gasteiger partial charge is 0.466 e. The van der Waals surface area contributed by atoms with Crippen LogP contribution in [0.1, 0.15) is 24.5 Å². The van der Waals surface area contributed by atoms with Gasteiger partial charge in [0.1, 0.15) is 0 Å². The number of rotatable bonds is 5. The molecule has 106 valence electrons. The second kappa shape index (κ2) is 6.37. The number of carbonyl (C=O) groups is 2. The summed E-state index contributed by atoms with van der Waals surface area (Å²) in [5.74, 6) is -0.256. The summed E-state index contributed by atoms with van der Waals surface area (Å²) in [6, 6.07) is 5.88. The number of ether oxygens (including phenoxy) is 1. The smallest absolute Gasteiger partial charge is 0.306 e. The molecule has 4 heteroatoms. The first-order chi connectivity index (χ1) is 9.67. The van der Waals surface area contributed by atoms with Gasteiger partial charge in [0.15, 0.2) is 0 Å². The molecule has 0 aliphatic carbocycles. The highest BCUT2D eigenvalue weighted by Gasteiger charge is 2.24. The van der Waals surface area contributed by atoms with Crippen LogP contribution in [0.15, 0.2) is 30.9 Å². The monoisotopic (exact) mass is 273 g/mol. The minimum Gasteiger partial charge on any atom is -0.466 e. The summed E-state index contributed by atoms with van der Waals surface area (Å²) in [5.41, 5.74) is 3.22. The van der Waals surface area contributed by atoms with Crippen molar-refractivity contribution >= 4 is 17.6 Å². The maximum atomic E-state index is 11.8. The number of hydrogen-bond acceptors (Lipinski definition) is 3. The molecule has 0 radical (unpaired) electrons. The topological polar surface area (TPSA) is 46.6 Å². The van der Waals surface area contributed by atoms with Crippen LogP contribution in [0.25, 0.3) is 0 Å². The first-order valence-electron chi connectivity index (χ1n) is 6.87. The zero-order valence-electron chi connectivity index (χ0n) is 11.7. The Labute approximate surface area is 119 Å². The fourth-order valence-corrected chi connectivity index (χ4v) is 2.55. The normalized spacial score (nSPS) is 12.9. The summed E-state index contributed by atoms with van der Waals surface area (Å²) >= 11 is 0. The lowest BCUT2D eigenvalue weighted by atomic mass is 10.0. The Hall–Kier alpha value is -2.10. The van der Waals surface area contributed by atoms with Gasteiger partial charge in [-0.25, -0.2) is 0 Å². The van der Waals surface area contributed by atoms with Crippen molar-refractivity contribution in [2.45, 2.75) is 26.2 Å². The fourth-order valence-electron chi connectivity index (χ4n) is 2.55. The molecule has 0 atom stereocenters. The van der Waals surface area contributed by atoms with E-state index in [-0.39, 0.29) is 11.9 Å². The van der Waals surface area contributed by atoms with Crippen molar-refractivity contribution in [1.82, 2.24) is 0 Å². The molecular formula is C16H19NO3. The van der Waals surface area contributed by atoms with Crippen molar-refractivity contribution in [3.8, 4) is 0 Å². The van der Waals surface area contributed by atoms with E-state index in [1.165, 1.54) is 6.08 Å². The van der Waals surface area contributed by atoms with Gasteiger partial charge in [0, 0.05) is 18.7 Å². The molecule has 1 aromatic carbocycles. The van der Waals surface area contributed by atoms with Crippen molar-refractivity contribution < 1.29 is 14.3 Å². The third-order valence-corrected chi connectivity index (χ3v) is 3.47. The summed E-state index contributed by atoms with van der Waals surface area (Å²) in [7, 11) is 0. The molecule has 0 saturated heterocycles. The molecule has 1 aliphatic rings. The average Bonchev–Trinajstić information content (AvgIpc) is 2.89. The van der Waals surface area contributed by atoms with Crippen LogP contribution in [0.4, 0.5) is 5.69 Å². The molecule has 0 spiro atoms. The number of nitrogens with zero attached hydrogens (tertiary/aromatic N) is 1. The first kappa shape index (κ1) is 14.3. The third kappa shape index (κ3) is 2.90. The second-order valence-electron chi connectivity index (χ2n) is 4.66. The van der Waals surface area contributed by atoms with Gasteiger partial charge in [0.25, 0.3) is 0 Å². The van der Waals surface area contributed by atoms with Crippen LogP contribution in [0.2, 0.25) is 0 Å². The summed E-state index contributed by atoms with van der Waals surface area (Å²) in [5, 5.41) is 0. The number of hydrogen-bond donors (Lipinski definition) is 0. The van der Waals surface area contributed by atoms with Gasteiger partial charge < -0.3 is 9.64 Å². The van der Waals surface area contributed by atoms with Crippen LogP contribution in [0.3, 0.4) is 0 Å². The molecule has 4 nitrogen and oxygen atoms in total. The molecule has 1 amide bonds. The van der Waals surface area contributed by atoms with Gasteiger partial charge in [-0.2, -0.15) is 0 Å². The van der Waals surface area contributed by atoms with E-state index in [0.717, 1.165) is 23.2 Å². The quantitative estimate of drug-likeness (QED) is 0.610. The summed E-state index contributed by atoms with van der Waals surface area (Å²) < 4.78 is 4.94. The van der Waals surface area contributed by atoms with E-state index in [1.54, 1.807) is 11.8 Å². The minimum absolute atomic E-state index is 0.0775.